The maximum absolute atomic E-state index is 11.0. The molecule has 0 saturated carbocycles. The van der Waals surface area contributed by atoms with Crippen LogP contribution in [0.2, 0.25) is 0 Å². The van der Waals surface area contributed by atoms with Gasteiger partial charge in [0.2, 0.25) is 0 Å². The highest BCUT2D eigenvalue weighted by atomic mass is 32.2. The minimum Gasteiger partial charge on any atom is -0.220 e. The summed E-state index contributed by atoms with van der Waals surface area (Å²) in [7, 11) is 1.69. The SMILES string of the molecule is C=[N+](C)C(=O)CCCCSC. The molecule has 0 aromatic carbocycles. The molecule has 0 aromatic rings. The minimum absolute atomic E-state index is 0.131. The first kappa shape index (κ1) is 10.7. The molecule has 0 aliphatic carbocycles. The zero-order valence-corrected chi connectivity index (χ0v) is 8.12. The molecule has 0 radical (unpaired) electrons. The van der Waals surface area contributed by atoms with Crippen LogP contribution in [-0.2, 0) is 4.79 Å². The molecule has 0 unspecified atom stereocenters. The Kier molecular flexibility index (Phi) is 6.22. The molecule has 2 nitrogen and oxygen atoms in total. The van der Waals surface area contributed by atoms with Gasteiger partial charge >= 0.3 is 5.91 Å². The normalized spacial score (nSPS) is 9.64. The summed E-state index contributed by atoms with van der Waals surface area (Å²) in [5.74, 6) is 1.28. The van der Waals surface area contributed by atoms with Gasteiger partial charge in [-0.3, -0.25) is 0 Å². The zero-order valence-electron chi connectivity index (χ0n) is 7.30. The summed E-state index contributed by atoms with van der Waals surface area (Å²) >= 11 is 1.82. The maximum atomic E-state index is 11.0. The first-order valence-electron chi connectivity index (χ1n) is 3.74. The molecule has 0 rings (SSSR count). The molecule has 3 heteroatoms. The summed E-state index contributed by atoms with van der Waals surface area (Å²) in [4.78, 5) is 11.0. The van der Waals surface area contributed by atoms with E-state index in [-0.39, 0.29) is 5.91 Å². The standard InChI is InChI=1S/C8H16NOS/c1-9(2)8(10)6-4-5-7-11-3/h1,4-7H2,2-3H3/q+1. The Bertz CT molecular complexity index is 145. The predicted octanol–water partition coefficient (Wildman–Crippen LogP) is 1.39. The van der Waals surface area contributed by atoms with Crippen LogP contribution in [0.1, 0.15) is 19.3 Å². The van der Waals surface area contributed by atoms with E-state index in [2.05, 4.69) is 13.0 Å². The van der Waals surface area contributed by atoms with Gasteiger partial charge in [-0.15, -0.1) is 0 Å². The Labute approximate surface area is 72.7 Å². The third-order valence-corrected chi connectivity index (χ3v) is 2.11. The van der Waals surface area contributed by atoms with Gasteiger partial charge in [0.1, 0.15) is 13.8 Å². The van der Waals surface area contributed by atoms with Gasteiger partial charge in [0.15, 0.2) is 0 Å². The van der Waals surface area contributed by atoms with Crippen LogP contribution in [0.5, 0.6) is 0 Å². The van der Waals surface area contributed by atoms with Crippen LogP contribution in [0.4, 0.5) is 0 Å². The van der Waals surface area contributed by atoms with Gasteiger partial charge in [0.05, 0.1) is 6.42 Å². The smallest absolute Gasteiger partial charge is 0.220 e. The number of amides is 1. The fourth-order valence-corrected chi connectivity index (χ4v) is 1.21. The Balaban J connectivity index is 3.25. The molecule has 0 aliphatic rings. The van der Waals surface area contributed by atoms with Crippen molar-refractivity contribution in [3.8, 4) is 0 Å². The third kappa shape index (κ3) is 6.10. The molecule has 0 heterocycles. The number of hydrogen-bond acceptors (Lipinski definition) is 2. The average Bonchev–Trinajstić information content (AvgIpc) is 1.97. The molecular formula is C8H16NOS+. The lowest BCUT2D eigenvalue weighted by molar-refractivity contribution is -0.410. The summed E-state index contributed by atoms with van der Waals surface area (Å²) in [6, 6.07) is 0. The van der Waals surface area contributed by atoms with Crippen LogP contribution < -0.4 is 0 Å². The van der Waals surface area contributed by atoms with E-state index in [4.69, 9.17) is 0 Å². The second kappa shape index (κ2) is 6.40. The van der Waals surface area contributed by atoms with Gasteiger partial charge in [-0.1, -0.05) is 0 Å². The van der Waals surface area contributed by atoms with E-state index in [0.29, 0.717) is 6.42 Å². The highest BCUT2D eigenvalue weighted by molar-refractivity contribution is 7.98. The molecule has 0 atom stereocenters. The maximum Gasteiger partial charge on any atom is 0.386 e. The van der Waals surface area contributed by atoms with Gasteiger partial charge < -0.3 is 0 Å². The molecule has 0 spiro atoms. The zero-order chi connectivity index (χ0) is 8.69. The summed E-state index contributed by atoms with van der Waals surface area (Å²) in [5.41, 5.74) is 0. The van der Waals surface area contributed by atoms with Crippen molar-refractivity contribution in [2.45, 2.75) is 19.3 Å². The minimum atomic E-state index is 0.131. The molecule has 0 aromatic heterocycles. The second-order valence-corrected chi connectivity index (χ2v) is 3.53. The quantitative estimate of drug-likeness (QED) is 0.356. The number of nitrogens with zero attached hydrogens (tertiary/aromatic N) is 1. The highest BCUT2D eigenvalue weighted by Gasteiger charge is 2.07. The Hall–Kier alpha value is -0.310. The van der Waals surface area contributed by atoms with Crippen molar-refractivity contribution in [3.63, 3.8) is 0 Å². The van der Waals surface area contributed by atoms with Crippen molar-refractivity contribution in [1.29, 1.82) is 0 Å². The molecule has 1 amide bonds. The van der Waals surface area contributed by atoms with Crippen molar-refractivity contribution in [2.24, 2.45) is 0 Å². The molecule has 0 bridgehead atoms. The molecule has 0 aliphatic heterocycles. The van der Waals surface area contributed by atoms with Crippen LogP contribution in [0, 0.1) is 0 Å². The van der Waals surface area contributed by atoms with Crippen LogP contribution in [0.15, 0.2) is 0 Å². The fourth-order valence-electron chi connectivity index (χ4n) is 0.713. The first-order chi connectivity index (χ1) is 5.18. The fraction of sp³-hybridized carbons (Fsp3) is 0.750. The number of rotatable bonds is 5. The predicted molar refractivity (Wildman–Crippen MR) is 50.5 cm³/mol. The highest BCUT2D eigenvalue weighted by Crippen LogP contribution is 2.02. The van der Waals surface area contributed by atoms with Gasteiger partial charge in [0, 0.05) is 0 Å². The number of carbonyl (C=O) groups is 1. The van der Waals surface area contributed by atoms with Crippen molar-refractivity contribution >= 4 is 24.4 Å². The van der Waals surface area contributed by atoms with Gasteiger partial charge in [0.25, 0.3) is 0 Å². The third-order valence-electron chi connectivity index (χ3n) is 1.41. The largest absolute Gasteiger partial charge is 0.386 e. The van der Waals surface area contributed by atoms with Crippen LogP contribution >= 0.6 is 11.8 Å². The Morgan fingerprint density at radius 1 is 1.55 bits per heavy atom. The summed E-state index contributed by atoms with van der Waals surface area (Å²) in [6.07, 6.45) is 4.83. The Morgan fingerprint density at radius 3 is 2.64 bits per heavy atom. The molecule has 0 N–H and O–H groups in total. The summed E-state index contributed by atoms with van der Waals surface area (Å²) < 4.78 is 1.40. The van der Waals surface area contributed by atoms with E-state index >= 15 is 0 Å². The van der Waals surface area contributed by atoms with Crippen molar-refractivity contribution in [3.05, 3.63) is 0 Å². The van der Waals surface area contributed by atoms with Crippen LogP contribution in [0.25, 0.3) is 0 Å². The number of thioether (sulfide) groups is 1. The number of unbranched alkanes of at least 4 members (excludes halogenated alkanes) is 1. The lowest BCUT2D eigenvalue weighted by Gasteiger charge is -1.94. The molecule has 0 fully saturated rings. The topological polar surface area (TPSA) is 20.1 Å². The van der Waals surface area contributed by atoms with Crippen LogP contribution in [-0.4, -0.2) is 36.3 Å². The van der Waals surface area contributed by atoms with E-state index < -0.39 is 0 Å². The molecule has 11 heavy (non-hydrogen) atoms. The average molecular weight is 174 g/mol. The van der Waals surface area contributed by atoms with Gasteiger partial charge in [-0.2, -0.15) is 16.3 Å². The number of hydrogen-bond donors (Lipinski definition) is 0. The van der Waals surface area contributed by atoms with Crippen molar-refractivity contribution in [2.75, 3.05) is 19.1 Å². The van der Waals surface area contributed by atoms with Crippen molar-refractivity contribution in [1.82, 2.24) is 0 Å². The monoisotopic (exact) mass is 174 g/mol. The lowest BCUT2D eigenvalue weighted by atomic mass is 10.2. The van der Waals surface area contributed by atoms with E-state index in [1.165, 1.54) is 4.58 Å². The summed E-state index contributed by atoms with van der Waals surface area (Å²) in [6.45, 7) is 3.52. The number of carbonyl (C=O) groups excluding carboxylic acids is 1. The molecule has 64 valence electrons. The van der Waals surface area contributed by atoms with E-state index in [0.717, 1.165) is 18.6 Å². The lowest BCUT2D eigenvalue weighted by Crippen LogP contribution is -2.13. The van der Waals surface area contributed by atoms with E-state index in [9.17, 15) is 4.79 Å². The summed E-state index contributed by atoms with van der Waals surface area (Å²) in [5, 5.41) is 0. The van der Waals surface area contributed by atoms with Crippen LogP contribution in [0.3, 0.4) is 0 Å². The first-order valence-corrected chi connectivity index (χ1v) is 5.14. The molecular weight excluding hydrogens is 158 g/mol. The van der Waals surface area contributed by atoms with Crippen molar-refractivity contribution < 1.29 is 9.37 Å². The molecule has 0 saturated heterocycles. The van der Waals surface area contributed by atoms with E-state index in [1.807, 2.05) is 11.8 Å². The Morgan fingerprint density at radius 2 is 2.18 bits per heavy atom. The van der Waals surface area contributed by atoms with Gasteiger partial charge in [-0.25, -0.2) is 4.79 Å². The van der Waals surface area contributed by atoms with Gasteiger partial charge in [-0.05, 0) is 24.9 Å². The van der Waals surface area contributed by atoms with E-state index in [1.54, 1.807) is 7.05 Å². The second-order valence-electron chi connectivity index (χ2n) is 2.54.